The lowest BCUT2D eigenvalue weighted by Gasteiger charge is -2.31. The Morgan fingerprint density at radius 1 is 1.11 bits per heavy atom. The van der Waals surface area contributed by atoms with E-state index in [0.717, 1.165) is 36.6 Å². The second-order valence-corrected chi connectivity index (χ2v) is 9.80. The van der Waals surface area contributed by atoms with Crippen LogP contribution in [0.25, 0.3) is 11.3 Å². The van der Waals surface area contributed by atoms with Gasteiger partial charge in [-0.15, -0.1) is 5.10 Å². The number of carbonyl (C=O) groups is 2. The van der Waals surface area contributed by atoms with E-state index in [1.54, 1.807) is 17.0 Å². The Bertz CT molecular complexity index is 1240. The predicted molar refractivity (Wildman–Crippen MR) is 131 cm³/mol. The van der Waals surface area contributed by atoms with Crippen LogP contribution in [0.5, 0.6) is 0 Å². The van der Waals surface area contributed by atoms with Crippen LogP contribution in [-0.4, -0.2) is 70.5 Å². The third-order valence-corrected chi connectivity index (χ3v) is 6.74. The Kier molecular flexibility index (Phi) is 8.38. The maximum absolute atomic E-state index is 13.3. The minimum absolute atomic E-state index is 0.0679. The molecule has 2 aliphatic heterocycles. The molecule has 1 spiro atoms. The van der Waals surface area contributed by atoms with Crippen LogP contribution in [0, 0.1) is 11.2 Å². The summed E-state index contributed by atoms with van der Waals surface area (Å²) in [6.45, 7) is 4.20. The molecule has 1 amide bonds. The normalized spacial score (nSPS) is 20.2. The van der Waals surface area contributed by atoms with Gasteiger partial charge in [-0.05, 0) is 41.4 Å². The minimum Gasteiger partial charge on any atom is -0.475 e. The summed E-state index contributed by atoms with van der Waals surface area (Å²) in [7, 11) is 0. The molecule has 3 aromatic rings. The molecule has 2 saturated heterocycles. The van der Waals surface area contributed by atoms with Crippen molar-refractivity contribution in [2.24, 2.45) is 5.41 Å². The standard InChI is InChI=1S/C23H23FN4O2S.C2HF3O2/c24-19-5-7-20(8-6-19)28-15-23(11-22(28)29)14-27(9-10-30-16-23)12-17-1-3-18(4-2-17)21-13-31-26-25-21;3-2(4,5)1(6)7/h1-8,13H,9-12,14-16H2;(H,6,7). The molecule has 1 atom stereocenters. The largest absolute Gasteiger partial charge is 0.490 e. The zero-order valence-corrected chi connectivity index (χ0v) is 20.8. The third-order valence-electron chi connectivity index (χ3n) is 6.24. The van der Waals surface area contributed by atoms with Crippen LogP contribution in [0.1, 0.15) is 12.0 Å². The van der Waals surface area contributed by atoms with Gasteiger partial charge in [-0.1, -0.05) is 28.8 Å². The van der Waals surface area contributed by atoms with Gasteiger partial charge < -0.3 is 14.7 Å². The second-order valence-electron chi connectivity index (χ2n) is 9.19. The van der Waals surface area contributed by atoms with E-state index in [9.17, 15) is 22.4 Å². The molecule has 202 valence electrons. The zero-order chi connectivity index (χ0) is 27.3. The predicted octanol–water partition coefficient (Wildman–Crippen LogP) is 4.23. The monoisotopic (exact) mass is 552 g/mol. The number of halogens is 4. The molecular formula is C25H24F4N4O4S. The number of anilines is 1. The Labute approximate surface area is 219 Å². The first-order valence-corrected chi connectivity index (χ1v) is 12.4. The molecule has 0 aliphatic carbocycles. The van der Waals surface area contributed by atoms with Gasteiger partial charge in [-0.25, -0.2) is 9.18 Å². The molecule has 2 fully saturated rings. The quantitative estimate of drug-likeness (QED) is 0.484. The van der Waals surface area contributed by atoms with Crippen LogP contribution in [0.2, 0.25) is 0 Å². The van der Waals surface area contributed by atoms with Crippen molar-refractivity contribution in [3.63, 3.8) is 0 Å². The van der Waals surface area contributed by atoms with Gasteiger partial charge in [0.05, 0.1) is 13.2 Å². The second kappa shape index (κ2) is 11.5. The fourth-order valence-electron chi connectivity index (χ4n) is 4.50. The summed E-state index contributed by atoms with van der Waals surface area (Å²) in [6, 6.07) is 14.5. The molecule has 0 bridgehead atoms. The van der Waals surface area contributed by atoms with Gasteiger partial charge in [0, 0.05) is 54.6 Å². The Balaban J connectivity index is 0.000000426. The fourth-order valence-corrected chi connectivity index (χ4v) is 4.97. The maximum atomic E-state index is 13.3. The smallest absolute Gasteiger partial charge is 0.475 e. The first-order valence-electron chi connectivity index (χ1n) is 11.6. The highest BCUT2D eigenvalue weighted by molar-refractivity contribution is 7.03. The minimum atomic E-state index is -5.08. The van der Waals surface area contributed by atoms with Crippen molar-refractivity contribution in [3.05, 3.63) is 65.3 Å². The van der Waals surface area contributed by atoms with Crippen LogP contribution in [0.15, 0.2) is 53.9 Å². The number of benzene rings is 2. The van der Waals surface area contributed by atoms with Crippen LogP contribution in [0.4, 0.5) is 23.2 Å². The Hall–Kier alpha value is -3.42. The number of amides is 1. The molecule has 0 saturated carbocycles. The van der Waals surface area contributed by atoms with E-state index in [1.165, 1.54) is 29.2 Å². The van der Waals surface area contributed by atoms with E-state index in [0.29, 0.717) is 26.2 Å². The summed E-state index contributed by atoms with van der Waals surface area (Å²) in [5.41, 5.74) is 3.65. The van der Waals surface area contributed by atoms with Gasteiger partial charge in [-0.3, -0.25) is 9.69 Å². The number of aliphatic carboxylic acids is 1. The number of aromatic nitrogens is 2. The summed E-state index contributed by atoms with van der Waals surface area (Å²) in [6.07, 6.45) is -4.64. The van der Waals surface area contributed by atoms with Gasteiger partial charge in [0.1, 0.15) is 11.5 Å². The lowest BCUT2D eigenvalue weighted by atomic mass is 9.87. The topological polar surface area (TPSA) is 95.9 Å². The van der Waals surface area contributed by atoms with E-state index in [2.05, 4.69) is 38.8 Å². The number of alkyl halides is 3. The molecule has 1 aromatic heterocycles. The molecule has 38 heavy (non-hydrogen) atoms. The van der Waals surface area contributed by atoms with E-state index in [4.69, 9.17) is 14.6 Å². The summed E-state index contributed by atoms with van der Waals surface area (Å²) in [4.78, 5) is 25.8. The van der Waals surface area contributed by atoms with E-state index in [-0.39, 0.29) is 17.1 Å². The number of nitrogens with zero attached hydrogens (tertiary/aromatic N) is 4. The van der Waals surface area contributed by atoms with E-state index >= 15 is 0 Å². The van der Waals surface area contributed by atoms with Crippen LogP contribution in [0.3, 0.4) is 0 Å². The van der Waals surface area contributed by atoms with Crippen LogP contribution >= 0.6 is 11.5 Å². The SMILES string of the molecule is O=C(O)C(F)(F)F.O=C1CC2(COCCN(Cc3ccc(-c4csnn4)cc3)C2)CN1c1ccc(F)cc1. The third kappa shape index (κ3) is 6.91. The molecule has 0 radical (unpaired) electrons. The lowest BCUT2D eigenvalue weighted by molar-refractivity contribution is -0.192. The molecule has 8 nitrogen and oxygen atoms in total. The van der Waals surface area contributed by atoms with Gasteiger partial charge in [0.2, 0.25) is 5.91 Å². The van der Waals surface area contributed by atoms with Crippen molar-refractivity contribution >= 4 is 29.1 Å². The number of ether oxygens (including phenoxy) is 1. The van der Waals surface area contributed by atoms with Gasteiger partial charge >= 0.3 is 12.1 Å². The molecule has 3 heterocycles. The molecule has 1 N–H and O–H groups in total. The number of carboxylic acids is 1. The van der Waals surface area contributed by atoms with Crippen molar-refractivity contribution in [2.75, 3.05) is 37.7 Å². The van der Waals surface area contributed by atoms with Crippen molar-refractivity contribution < 1.29 is 37.0 Å². The summed E-state index contributed by atoms with van der Waals surface area (Å²) >= 11 is 1.35. The fraction of sp³-hybridized carbons (Fsp3) is 0.360. The molecule has 5 rings (SSSR count). The Morgan fingerprint density at radius 3 is 2.39 bits per heavy atom. The Morgan fingerprint density at radius 2 is 1.79 bits per heavy atom. The molecular weight excluding hydrogens is 528 g/mol. The van der Waals surface area contributed by atoms with Gasteiger partial charge in [0.25, 0.3) is 0 Å². The molecule has 1 unspecified atom stereocenters. The van der Waals surface area contributed by atoms with Crippen molar-refractivity contribution in [1.82, 2.24) is 14.5 Å². The van der Waals surface area contributed by atoms with E-state index in [1.807, 2.05) is 5.38 Å². The van der Waals surface area contributed by atoms with Crippen molar-refractivity contribution in [2.45, 2.75) is 19.1 Å². The number of rotatable bonds is 4. The lowest BCUT2D eigenvalue weighted by Crippen LogP contribution is -2.40. The van der Waals surface area contributed by atoms with Gasteiger partial charge in [-0.2, -0.15) is 13.2 Å². The number of carboxylic acid groups (broad SMARTS) is 1. The highest BCUT2D eigenvalue weighted by Crippen LogP contribution is 2.37. The molecule has 2 aliphatic rings. The summed E-state index contributed by atoms with van der Waals surface area (Å²) in [5.74, 6) is -2.99. The number of carbonyl (C=O) groups excluding carboxylic acids is 1. The van der Waals surface area contributed by atoms with Crippen molar-refractivity contribution in [1.29, 1.82) is 0 Å². The first-order chi connectivity index (χ1) is 18.0. The number of hydrogen-bond acceptors (Lipinski definition) is 7. The van der Waals surface area contributed by atoms with Crippen LogP contribution in [-0.2, 0) is 20.9 Å². The van der Waals surface area contributed by atoms with Crippen LogP contribution < -0.4 is 4.90 Å². The summed E-state index contributed by atoms with van der Waals surface area (Å²) < 4.78 is 54.9. The highest BCUT2D eigenvalue weighted by Gasteiger charge is 2.46. The van der Waals surface area contributed by atoms with Gasteiger partial charge in [0.15, 0.2) is 0 Å². The first kappa shape index (κ1) is 27.6. The average molecular weight is 553 g/mol. The molecule has 2 aromatic carbocycles. The molecule has 13 heteroatoms. The number of hydrogen-bond donors (Lipinski definition) is 1. The van der Waals surface area contributed by atoms with Crippen molar-refractivity contribution in [3.8, 4) is 11.3 Å². The average Bonchev–Trinajstić information content (AvgIpc) is 3.46. The van der Waals surface area contributed by atoms with E-state index < -0.39 is 12.1 Å². The zero-order valence-electron chi connectivity index (χ0n) is 20.0. The maximum Gasteiger partial charge on any atom is 0.490 e. The highest BCUT2D eigenvalue weighted by atomic mass is 32.1. The summed E-state index contributed by atoms with van der Waals surface area (Å²) in [5, 5.41) is 13.2.